The third-order valence-corrected chi connectivity index (χ3v) is 2.59. The molecule has 1 aliphatic carbocycles. The Balaban J connectivity index is 2.67. The van der Waals surface area contributed by atoms with Crippen LogP contribution in [-0.2, 0) is 14.3 Å². The van der Waals surface area contributed by atoms with Crippen LogP contribution in [0.5, 0.6) is 0 Å². The van der Waals surface area contributed by atoms with Crippen LogP contribution in [0.4, 0.5) is 0 Å². The van der Waals surface area contributed by atoms with E-state index in [1.807, 2.05) is 0 Å². The number of carboxylic acids is 1. The highest BCUT2D eigenvalue weighted by molar-refractivity contribution is 5.81. The maximum absolute atomic E-state index is 11.2. The fourth-order valence-corrected chi connectivity index (χ4v) is 1.86. The maximum atomic E-state index is 11.2. The average Bonchev–Trinajstić information content (AvgIpc) is 2.16. The lowest BCUT2D eigenvalue weighted by Crippen LogP contribution is -2.33. The summed E-state index contributed by atoms with van der Waals surface area (Å²) in [6, 6.07) is 0. The number of rotatable bonds is 2. The van der Waals surface area contributed by atoms with Gasteiger partial charge >= 0.3 is 11.9 Å². The Morgan fingerprint density at radius 2 is 1.77 bits per heavy atom. The van der Waals surface area contributed by atoms with E-state index in [-0.39, 0.29) is 5.97 Å². The molecule has 0 spiro atoms. The SMILES string of the molecule is COC(=O)[C@H]1CCCC[C@@H]1C(=O)O. The van der Waals surface area contributed by atoms with Crippen LogP contribution in [0.15, 0.2) is 0 Å². The zero-order valence-corrected chi connectivity index (χ0v) is 7.66. The van der Waals surface area contributed by atoms with Gasteiger partial charge in [0.25, 0.3) is 0 Å². The summed E-state index contributed by atoms with van der Waals surface area (Å²) in [5.74, 6) is -2.24. The van der Waals surface area contributed by atoms with Gasteiger partial charge in [-0.15, -0.1) is 0 Å². The highest BCUT2D eigenvalue weighted by Crippen LogP contribution is 2.30. The van der Waals surface area contributed by atoms with Gasteiger partial charge in [-0.2, -0.15) is 0 Å². The molecule has 0 heterocycles. The van der Waals surface area contributed by atoms with Crippen molar-refractivity contribution in [3.8, 4) is 0 Å². The minimum absolute atomic E-state index is 0.382. The van der Waals surface area contributed by atoms with E-state index < -0.39 is 17.8 Å². The Kier molecular flexibility index (Phi) is 3.28. The van der Waals surface area contributed by atoms with Crippen molar-refractivity contribution in [2.24, 2.45) is 11.8 Å². The average molecular weight is 186 g/mol. The number of carbonyl (C=O) groups excluding carboxylic acids is 1. The van der Waals surface area contributed by atoms with Crippen LogP contribution in [0.3, 0.4) is 0 Å². The molecule has 0 aromatic heterocycles. The van der Waals surface area contributed by atoms with E-state index in [0.717, 1.165) is 12.8 Å². The molecule has 0 amide bonds. The molecule has 0 aromatic carbocycles. The molecule has 74 valence electrons. The molecule has 1 aliphatic rings. The van der Waals surface area contributed by atoms with Gasteiger partial charge in [-0.1, -0.05) is 12.8 Å². The molecular formula is C9H14O4. The Morgan fingerprint density at radius 3 is 2.23 bits per heavy atom. The second kappa shape index (κ2) is 4.25. The zero-order valence-electron chi connectivity index (χ0n) is 7.66. The number of esters is 1. The molecule has 1 saturated carbocycles. The van der Waals surface area contributed by atoms with E-state index in [0.29, 0.717) is 12.8 Å². The van der Waals surface area contributed by atoms with Gasteiger partial charge in [0.1, 0.15) is 0 Å². The Morgan fingerprint density at radius 1 is 1.23 bits per heavy atom. The fraction of sp³-hybridized carbons (Fsp3) is 0.778. The first-order chi connectivity index (χ1) is 6.16. The molecule has 0 radical (unpaired) electrons. The smallest absolute Gasteiger partial charge is 0.309 e. The third kappa shape index (κ3) is 2.20. The van der Waals surface area contributed by atoms with Crippen molar-refractivity contribution in [3.05, 3.63) is 0 Å². The normalized spacial score (nSPS) is 28.1. The molecule has 4 heteroatoms. The zero-order chi connectivity index (χ0) is 9.84. The first kappa shape index (κ1) is 10.0. The van der Waals surface area contributed by atoms with Gasteiger partial charge in [-0.05, 0) is 12.8 Å². The minimum atomic E-state index is -0.880. The van der Waals surface area contributed by atoms with Crippen molar-refractivity contribution in [1.29, 1.82) is 0 Å². The van der Waals surface area contributed by atoms with Crippen LogP contribution in [-0.4, -0.2) is 24.2 Å². The topological polar surface area (TPSA) is 63.6 Å². The number of hydrogen-bond donors (Lipinski definition) is 1. The highest BCUT2D eigenvalue weighted by Gasteiger charge is 2.36. The lowest BCUT2D eigenvalue weighted by Gasteiger charge is -2.25. The predicted molar refractivity (Wildman–Crippen MR) is 45.1 cm³/mol. The lowest BCUT2D eigenvalue weighted by atomic mass is 9.79. The molecule has 0 aliphatic heterocycles. The largest absolute Gasteiger partial charge is 0.481 e. The van der Waals surface area contributed by atoms with Crippen molar-refractivity contribution >= 4 is 11.9 Å². The summed E-state index contributed by atoms with van der Waals surface area (Å²) in [5.41, 5.74) is 0. The molecule has 0 bridgehead atoms. The Labute approximate surface area is 76.9 Å². The summed E-state index contributed by atoms with van der Waals surface area (Å²) >= 11 is 0. The van der Waals surface area contributed by atoms with Crippen molar-refractivity contribution in [2.75, 3.05) is 7.11 Å². The van der Waals surface area contributed by atoms with Gasteiger partial charge in [0.2, 0.25) is 0 Å². The first-order valence-electron chi connectivity index (χ1n) is 4.47. The summed E-state index contributed by atoms with van der Waals surface area (Å²) < 4.78 is 4.57. The number of aliphatic carboxylic acids is 1. The van der Waals surface area contributed by atoms with E-state index in [2.05, 4.69) is 4.74 Å². The number of ether oxygens (including phenoxy) is 1. The lowest BCUT2D eigenvalue weighted by molar-refractivity contribution is -0.157. The quantitative estimate of drug-likeness (QED) is 0.655. The first-order valence-corrected chi connectivity index (χ1v) is 4.47. The number of carboxylic acid groups (broad SMARTS) is 1. The van der Waals surface area contributed by atoms with E-state index >= 15 is 0 Å². The summed E-state index contributed by atoms with van der Waals surface area (Å²) in [6.07, 6.45) is 3.05. The molecule has 13 heavy (non-hydrogen) atoms. The molecular weight excluding hydrogens is 172 g/mol. The van der Waals surface area contributed by atoms with Gasteiger partial charge in [0, 0.05) is 0 Å². The van der Waals surface area contributed by atoms with E-state index in [1.165, 1.54) is 7.11 Å². The summed E-state index contributed by atoms with van der Waals surface area (Å²) in [6.45, 7) is 0. The molecule has 0 aromatic rings. The second-order valence-corrected chi connectivity index (χ2v) is 3.36. The van der Waals surface area contributed by atoms with Gasteiger partial charge in [0.05, 0.1) is 18.9 Å². The standard InChI is InChI=1S/C9H14O4/c1-13-9(12)7-5-3-2-4-6(7)8(10)11/h6-7H,2-5H2,1H3,(H,10,11)/t6-,7-/m0/s1. The minimum Gasteiger partial charge on any atom is -0.481 e. The van der Waals surface area contributed by atoms with Gasteiger partial charge in [0.15, 0.2) is 0 Å². The van der Waals surface area contributed by atoms with Crippen LogP contribution >= 0.6 is 0 Å². The van der Waals surface area contributed by atoms with Crippen molar-refractivity contribution in [2.45, 2.75) is 25.7 Å². The van der Waals surface area contributed by atoms with Crippen molar-refractivity contribution < 1.29 is 19.4 Å². The Bertz CT molecular complexity index is 212. The second-order valence-electron chi connectivity index (χ2n) is 3.36. The van der Waals surface area contributed by atoms with Crippen LogP contribution in [0.25, 0.3) is 0 Å². The highest BCUT2D eigenvalue weighted by atomic mass is 16.5. The van der Waals surface area contributed by atoms with Crippen LogP contribution in [0, 0.1) is 11.8 Å². The number of methoxy groups -OCH3 is 1. The van der Waals surface area contributed by atoms with Crippen molar-refractivity contribution in [1.82, 2.24) is 0 Å². The molecule has 0 unspecified atom stereocenters. The number of carbonyl (C=O) groups is 2. The summed E-state index contributed by atoms with van der Waals surface area (Å²) in [7, 11) is 1.30. The molecule has 2 atom stereocenters. The van der Waals surface area contributed by atoms with Gasteiger partial charge in [-0.25, -0.2) is 0 Å². The Hall–Kier alpha value is -1.06. The van der Waals surface area contributed by atoms with E-state index in [9.17, 15) is 9.59 Å². The molecule has 1 rings (SSSR count). The maximum Gasteiger partial charge on any atom is 0.309 e. The van der Waals surface area contributed by atoms with Gasteiger partial charge in [-0.3, -0.25) is 9.59 Å². The molecule has 1 fully saturated rings. The van der Waals surface area contributed by atoms with Crippen molar-refractivity contribution in [3.63, 3.8) is 0 Å². The summed E-state index contributed by atoms with van der Waals surface area (Å²) in [4.78, 5) is 22.0. The molecule has 1 N–H and O–H groups in total. The third-order valence-electron chi connectivity index (χ3n) is 2.59. The van der Waals surface area contributed by atoms with Crippen LogP contribution < -0.4 is 0 Å². The summed E-state index contributed by atoms with van der Waals surface area (Å²) in [5, 5.41) is 8.85. The number of hydrogen-bond acceptors (Lipinski definition) is 3. The molecule has 4 nitrogen and oxygen atoms in total. The van der Waals surface area contributed by atoms with Crippen LogP contribution in [0.1, 0.15) is 25.7 Å². The predicted octanol–water partition coefficient (Wildman–Crippen LogP) is 1.05. The van der Waals surface area contributed by atoms with Gasteiger partial charge < -0.3 is 9.84 Å². The van der Waals surface area contributed by atoms with E-state index in [1.54, 1.807) is 0 Å². The van der Waals surface area contributed by atoms with E-state index in [4.69, 9.17) is 5.11 Å². The monoisotopic (exact) mass is 186 g/mol. The van der Waals surface area contributed by atoms with Crippen LogP contribution in [0.2, 0.25) is 0 Å². The fourth-order valence-electron chi connectivity index (χ4n) is 1.86. The molecule has 0 saturated heterocycles.